The Morgan fingerprint density at radius 1 is 1.08 bits per heavy atom. The molecule has 2 aromatic rings. The van der Waals surface area contributed by atoms with Crippen LogP contribution in [0.25, 0.3) is 0 Å². The van der Waals surface area contributed by atoms with Gasteiger partial charge in [-0.25, -0.2) is 0 Å². The van der Waals surface area contributed by atoms with Crippen LogP contribution in [0, 0.1) is 13.8 Å². The summed E-state index contributed by atoms with van der Waals surface area (Å²) in [5, 5.41) is 2.84. The molecule has 0 saturated carbocycles. The topological polar surface area (TPSA) is 49.4 Å². The third-order valence-electron chi connectivity index (χ3n) is 3.85. The van der Waals surface area contributed by atoms with Crippen molar-refractivity contribution in [3.63, 3.8) is 0 Å². The highest BCUT2D eigenvalue weighted by Gasteiger charge is 2.14. The maximum Gasteiger partial charge on any atom is 0.226 e. The van der Waals surface area contributed by atoms with E-state index in [2.05, 4.69) is 21.2 Å². The second-order valence-corrected chi connectivity index (χ2v) is 6.66. The lowest BCUT2D eigenvalue weighted by Crippen LogP contribution is -2.32. The van der Waals surface area contributed by atoms with Gasteiger partial charge in [-0.2, -0.15) is 0 Å². The van der Waals surface area contributed by atoms with Crippen LogP contribution in [-0.4, -0.2) is 18.4 Å². The van der Waals surface area contributed by atoms with E-state index in [9.17, 15) is 9.59 Å². The van der Waals surface area contributed by atoms with Crippen LogP contribution < -0.4 is 10.2 Å². The van der Waals surface area contributed by atoms with Crippen LogP contribution in [-0.2, 0) is 9.59 Å². The highest BCUT2D eigenvalue weighted by Crippen LogP contribution is 2.20. The Kier molecular flexibility index (Phi) is 6.15. The van der Waals surface area contributed by atoms with Gasteiger partial charge in [0, 0.05) is 35.7 Å². The molecule has 2 rings (SSSR count). The molecule has 0 heterocycles. The van der Waals surface area contributed by atoms with E-state index >= 15 is 0 Å². The molecule has 5 heteroatoms. The molecule has 0 saturated heterocycles. The number of nitrogens with zero attached hydrogens (tertiary/aromatic N) is 1. The Hall–Kier alpha value is -2.14. The first-order valence-corrected chi connectivity index (χ1v) is 8.57. The number of hydrogen-bond acceptors (Lipinski definition) is 2. The van der Waals surface area contributed by atoms with E-state index in [4.69, 9.17) is 0 Å². The number of benzene rings is 2. The average Bonchev–Trinajstić information content (AvgIpc) is 2.50. The summed E-state index contributed by atoms with van der Waals surface area (Å²) in [7, 11) is 0. The normalized spacial score (nSPS) is 10.3. The monoisotopic (exact) mass is 388 g/mol. The fourth-order valence-corrected chi connectivity index (χ4v) is 2.76. The molecule has 0 spiro atoms. The average molecular weight is 389 g/mol. The summed E-state index contributed by atoms with van der Waals surface area (Å²) in [6, 6.07) is 13.3. The number of halogens is 1. The molecule has 126 valence electrons. The Balaban J connectivity index is 2.02. The number of aryl methyl sites for hydroxylation is 2. The van der Waals surface area contributed by atoms with Crippen LogP contribution in [0.15, 0.2) is 46.9 Å². The van der Waals surface area contributed by atoms with E-state index in [1.165, 1.54) is 12.5 Å². The molecule has 24 heavy (non-hydrogen) atoms. The highest BCUT2D eigenvalue weighted by atomic mass is 79.9. The number of hydrogen-bond donors (Lipinski definition) is 1. The van der Waals surface area contributed by atoms with Crippen molar-refractivity contribution in [3.8, 4) is 0 Å². The maximum atomic E-state index is 12.1. The van der Waals surface area contributed by atoms with Crippen LogP contribution in [0.2, 0.25) is 0 Å². The summed E-state index contributed by atoms with van der Waals surface area (Å²) in [5.41, 5.74) is 3.85. The molecule has 0 radical (unpaired) electrons. The van der Waals surface area contributed by atoms with Gasteiger partial charge < -0.3 is 10.2 Å². The third kappa shape index (κ3) is 4.93. The quantitative estimate of drug-likeness (QED) is 0.822. The minimum absolute atomic E-state index is 0.0755. The summed E-state index contributed by atoms with van der Waals surface area (Å²) >= 11 is 3.37. The van der Waals surface area contributed by atoms with Crippen LogP contribution in [0.1, 0.15) is 24.5 Å². The van der Waals surface area contributed by atoms with Crippen molar-refractivity contribution >= 4 is 39.1 Å². The summed E-state index contributed by atoms with van der Waals surface area (Å²) in [6.07, 6.45) is 0.235. The molecule has 0 aliphatic rings. The van der Waals surface area contributed by atoms with Crippen molar-refractivity contribution in [2.75, 3.05) is 16.8 Å². The van der Waals surface area contributed by atoms with E-state index in [1.807, 2.05) is 56.3 Å². The molecule has 0 fully saturated rings. The second-order valence-electron chi connectivity index (χ2n) is 5.75. The number of rotatable bonds is 5. The Bertz CT molecular complexity index is 759. The standard InChI is InChI=1S/C19H21BrN2O2/c1-13-7-8-18(11-14(13)2)22(15(3)23)10-9-19(24)21-17-6-4-5-16(20)12-17/h4-8,11-12H,9-10H2,1-3H3,(H,21,24). The first-order valence-electron chi connectivity index (χ1n) is 7.77. The summed E-state index contributed by atoms with van der Waals surface area (Å²) in [5.74, 6) is -0.198. The van der Waals surface area contributed by atoms with Crippen LogP contribution in [0.5, 0.6) is 0 Å². The molecule has 1 N–H and O–H groups in total. The molecular weight excluding hydrogens is 368 g/mol. The van der Waals surface area contributed by atoms with Crippen molar-refractivity contribution < 1.29 is 9.59 Å². The van der Waals surface area contributed by atoms with Gasteiger partial charge in [-0.3, -0.25) is 9.59 Å². The van der Waals surface area contributed by atoms with Gasteiger partial charge in [0.05, 0.1) is 0 Å². The minimum Gasteiger partial charge on any atom is -0.326 e. The first kappa shape index (κ1) is 18.2. The number of amides is 2. The first-order chi connectivity index (χ1) is 11.4. The molecule has 0 aromatic heterocycles. The molecule has 0 bridgehead atoms. The lowest BCUT2D eigenvalue weighted by atomic mass is 10.1. The van der Waals surface area contributed by atoms with Gasteiger partial charge in [-0.1, -0.05) is 28.1 Å². The van der Waals surface area contributed by atoms with Gasteiger partial charge in [0.25, 0.3) is 0 Å². The van der Waals surface area contributed by atoms with Crippen LogP contribution in [0.3, 0.4) is 0 Å². The van der Waals surface area contributed by atoms with E-state index in [-0.39, 0.29) is 18.2 Å². The summed E-state index contributed by atoms with van der Waals surface area (Å²) in [4.78, 5) is 25.7. The van der Waals surface area contributed by atoms with Crippen molar-refractivity contribution in [1.82, 2.24) is 0 Å². The SMILES string of the molecule is CC(=O)N(CCC(=O)Nc1cccc(Br)c1)c1ccc(C)c(C)c1. The zero-order valence-electron chi connectivity index (χ0n) is 14.1. The predicted octanol–water partition coefficient (Wildman–Crippen LogP) is 4.45. The van der Waals surface area contributed by atoms with E-state index in [0.29, 0.717) is 6.54 Å². The third-order valence-corrected chi connectivity index (χ3v) is 4.35. The van der Waals surface area contributed by atoms with Gasteiger partial charge in [-0.05, 0) is 55.3 Å². The van der Waals surface area contributed by atoms with Gasteiger partial charge >= 0.3 is 0 Å². The largest absolute Gasteiger partial charge is 0.326 e. The molecule has 0 unspecified atom stereocenters. The number of nitrogens with one attached hydrogen (secondary N) is 1. The van der Waals surface area contributed by atoms with Crippen molar-refractivity contribution in [2.45, 2.75) is 27.2 Å². The predicted molar refractivity (Wildman–Crippen MR) is 101 cm³/mol. The Labute approximate surface area is 151 Å². The van der Waals surface area contributed by atoms with Crippen LogP contribution >= 0.6 is 15.9 Å². The maximum absolute atomic E-state index is 12.1. The van der Waals surface area contributed by atoms with Crippen molar-refractivity contribution in [1.29, 1.82) is 0 Å². The van der Waals surface area contributed by atoms with E-state index in [0.717, 1.165) is 21.4 Å². The van der Waals surface area contributed by atoms with Gasteiger partial charge in [-0.15, -0.1) is 0 Å². The molecule has 4 nitrogen and oxygen atoms in total. The molecule has 2 aromatic carbocycles. The zero-order valence-corrected chi connectivity index (χ0v) is 15.7. The zero-order chi connectivity index (χ0) is 17.7. The van der Waals surface area contributed by atoms with E-state index in [1.54, 1.807) is 4.90 Å². The van der Waals surface area contributed by atoms with Gasteiger partial charge in [0.15, 0.2) is 0 Å². The number of anilines is 2. The van der Waals surface area contributed by atoms with Crippen molar-refractivity contribution in [3.05, 3.63) is 58.1 Å². The van der Waals surface area contributed by atoms with Gasteiger partial charge in [0.1, 0.15) is 0 Å². The Morgan fingerprint density at radius 3 is 2.46 bits per heavy atom. The fraction of sp³-hybridized carbons (Fsp3) is 0.263. The smallest absolute Gasteiger partial charge is 0.226 e. The number of carbonyl (C=O) groups excluding carboxylic acids is 2. The summed E-state index contributed by atoms with van der Waals surface area (Å²) in [6.45, 7) is 5.90. The van der Waals surface area contributed by atoms with Crippen molar-refractivity contribution in [2.24, 2.45) is 0 Å². The molecular formula is C19H21BrN2O2. The molecule has 0 atom stereocenters. The van der Waals surface area contributed by atoms with E-state index < -0.39 is 0 Å². The molecule has 2 amide bonds. The minimum atomic E-state index is -0.122. The molecule has 0 aliphatic heterocycles. The summed E-state index contributed by atoms with van der Waals surface area (Å²) < 4.78 is 0.904. The van der Waals surface area contributed by atoms with Gasteiger partial charge in [0.2, 0.25) is 11.8 Å². The lowest BCUT2D eigenvalue weighted by Gasteiger charge is -2.22. The lowest BCUT2D eigenvalue weighted by molar-refractivity contribution is -0.117. The fourth-order valence-electron chi connectivity index (χ4n) is 2.36. The second kappa shape index (κ2) is 8.11. The number of carbonyl (C=O) groups is 2. The van der Waals surface area contributed by atoms with Crippen LogP contribution in [0.4, 0.5) is 11.4 Å². The highest BCUT2D eigenvalue weighted by molar-refractivity contribution is 9.10. The Morgan fingerprint density at radius 2 is 1.83 bits per heavy atom. The molecule has 0 aliphatic carbocycles.